The summed E-state index contributed by atoms with van der Waals surface area (Å²) in [7, 11) is 3.83. The van der Waals surface area contributed by atoms with E-state index in [0.29, 0.717) is 13.1 Å². The van der Waals surface area contributed by atoms with Crippen LogP contribution in [0, 0.1) is 0 Å². The largest absolute Gasteiger partial charge is 0.444 e. The average molecular weight is 374 g/mol. The molecule has 0 atom stereocenters. The predicted octanol–water partition coefficient (Wildman–Crippen LogP) is 1.42. The van der Waals surface area contributed by atoms with Gasteiger partial charge in [0.1, 0.15) is 5.60 Å². The highest BCUT2D eigenvalue weighted by atomic mass is 16.6. The third-order valence-corrected chi connectivity index (χ3v) is 3.29. The summed E-state index contributed by atoms with van der Waals surface area (Å²) in [6, 6.07) is 0. The number of guanidine groups is 1. The minimum absolute atomic E-state index is 0.386. The van der Waals surface area contributed by atoms with Crippen LogP contribution in [0.4, 0.5) is 4.79 Å². The van der Waals surface area contributed by atoms with E-state index < -0.39 is 5.60 Å². The van der Waals surface area contributed by atoms with Crippen molar-refractivity contribution < 1.29 is 14.3 Å². The molecule has 154 valence electrons. The van der Waals surface area contributed by atoms with Gasteiger partial charge in [-0.15, -0.1) is 0 Å². The van der Waals surface area contributed by atoms with Gasteiger partial charge in [-0.05, 0) is 47.6 Å². The number of rotatable bonds is 12. The smallest absolute Gasteiger partial charge is 0.407 e. The summed E-state index contributed by atoms with van der Waals surface area (Å²) >= 11 is 0. The van der Waals surface area contributed by atoms with Crippen LogP contribution in [0.2, 0.25) is 0 Å². The second-order valence-electron chi connectivity index (χ2n) is 7.12. The highest BCUT2D eigenvalue weighted by molar-refractivity contribution is 5.79. The number of nitrogens with one attached hydrogen (secondary N) is 3. The van der Waals surface area contributed by atoms with E-state index in [9.17, 15) is 4.79 Å². The number of ether oxygens (including phenoxy) is 2. The fraction of sp³-hybridized carbons (Fsp3) is 0.889. The Bertz CT molecular complexity index is 397. The molecule has 0 rings (SSSR count). The molecule has 3 N–H and O–H groups in total. The fourth-order valence-corrected chi connectivity index (χ4v) is 2.07. The number of amides is 1. The molecule has 0 saturated heterocycles. The average Bonchev–Trinajstić information content (AvgIpc) is 2.53. The summed E-state index contributed by atoms with van der Waals surface area (Å²) < 4.78 is 10.3. The lowest BCUT2D eigenvalue weighted by atomic mass is 10.2. The molecule has 0 aliphatic carbocycles. The molecule has 0 bridgehead atoms. The Balaban J connectivity index is 3.96. The molecule has 0 aliphatic rings. The molecule has 0 heterocycles. The maximum absolute atomic E-state index is 11.6. The summed E-state index contributed by atoms with van der Waals surface area (Å²) in [5, 5.41) is 9.29. The van der Waals surface area contributed by atoms with Crippen molar-refractivity contribution in [1.82, 2.24) is 20.9 Å². The molecule has 0 spiro atoms. The second-order valence-corrected chi connectivity index (χ2v) is 7.12. The normalized spacial score (nSPS) is 12.2. The number of methoxy groups -OCH3 is 1. The van der Waals surface area contributed by atoms with Gasteiger partial charge in [0.25, 0.3) is 0 Å². The number of hydrogen-bond acceptors (Lipinski definition) is 5. The van der Waals surface area contributed by atoms with Crippen molar-refractivity contribution >= 4 is 12.1 Å². The molecule has 1 amide bonds. The highest BCUT2D eigenvalue weighted by Gasteiger charge is 2.15. The Morgan fingerprint density at radius 2 is 1.81 bits per heavy atom. The Hall–Kier alpha value is -1.54. The van der Waals surface area contributed by atoms with E-state index in [1.54, 1.807) is 7.11 Å². The van der Waals surface area contributed by atoms with Crippen molar-refractivity contribution in [3.05, 3.63) is 0 Å². The monoisotopic (exact) mass is 373 g/mol. The van der Waals surface area contributed by atoms with Gasteiger partial charge in [0.15, 0.2) is 5.96 Å². The third-order valence-electron chi connectivity index (χ3n) is 3.29. The third kappa shape index (κ3) is 16.0. The van der Waals surface area contributed by atoms with Crippen LogP contribution in [0.5, 0.6) is 0 Å². The number of likely N-dealkylation sites (N-methyl/N-ethyl adjacent to an activating group) is 1. The van der Waals surface area contributed by atoms with Crippen molar-refractivity contribution in [1.29, 1.82) is 0 Å². The van der Waals surface area contributed by atoms with Gasteiger partial charge in [0.2, 0.25) is 0 Å². The molecule has 8 heteroatoms. The number of aliphatic imine (C=N–C) groups is 1. The van der Waals surface area contributed by atoms with Crippen LogP contribution in [0.3, 0.4) is 0 Å². The quantitative estimate of drug-likeness (QED) is 0.272. The van der Waals surface area contributed by atoms with E-state index in [2.05, 4.69) is 32.9 Å². The molecular weight excluding hydrogens is 334 g/mol. The molecule has 0 aliphatic heterocycles. The van der Waals surface area contributed by atoms with Crippen LogP contribution in [0.25, 0.3) is 0 Å². The molecule has 8 nitrogen and oxygen atoms in total. The number of carbonyl (C=O) groups excluding carboxylic acids is 1. The SMILES string of the molecule is CCNC(=NCCCNC(=O)OC(C)(C)C)NCCN(C)CCCOC. The minimum Gasteiger partial charge on any atom is -0.444 e. The van der Waals surface area contributed by atoms with Gasteiger partial charge >= 0.3 is 6.09 Å². The minimum atomic E-state index is -0.471. The van der Waals surface area contributed by atoms with Gasteiger partial charge in [-0.2, -0.15) is 0 Å². The van der Waals surface area contributed by atoms with Gasteiger partial charge < -0.3 is 30.3 Å². The summed E-state index contributed by atoms with van der Waals surface area (Å²) in [5.41, 5.74) is -0.471. The van der Waals surface area contributed by atoms with Crippen LogP contribution in [0.1, 0.15) is 40.5 Å². The summed E-state index contributed by atoms with van der Waals surface area (Å²) in [6.07, 6.45) is 1.40. The first-order chi connectivity index (χ1) is 12.3. The lowest BCUT2D eigenvalue weighted by Crippen LogP contribution is -2.41. The van der Waals surface area contributed by atoms with Crippen molar-refractivity contribution in [3.63, 3.8) is 0 Å². The highest BCUT2D eigenvalue weighted by Crippen LogP contribution is 2.06. The van der Waals surface area contributed by atoms with Crippen molar-refractivity contribution in [3.8, 4) is 0 Å². The molecule has 0 radical (unpaired) electrons. The van der Waals surface area contributed by atoms with Crippen molar-refractivity contribution in [2.45, 2.75) is 46.1 Å². The zero-order valence-corrected chi connectivity index (χ0v) is 17.5. The molecule has 0 saturated carbocycles. The van der Waals surface area contributed by atoms with E-state index in [1.807, 2.05) is 27.7 Å². The molecule has 0 fully saturated rings. The number of nitrogens with zero attached hydrogens (tertiary/aromatic N) is 2. The Kier molecular flexibility index (Phi) is 13.7. The Morgan fingerprint density at radius 1 is 1.08 bits per heavy atom. The first-order valence-electron chi connectivity index (χ1n) is 9.45. The topological polar surface area (TPSA) is 87.2 Å². The summed E-state index contributed by atoms with van der Waals surface area (Å²) in [4.78, 5) is 18.3. The molecule has 0 aromatic carbocycles. The zero-order chi connectivity index (χ0) is 19.8. The van der Waals surface area contributed by atoms with Crippen LogP contribution in [0.15, 0.2) is 4.99 Å². The van der Waals surface area contributed by atoms with Crippen molar-refractivity contribution in [2.75, 3.05) is 60.0 Å². The van der Waals surface area contributed by atoms with E-state index in [1.165, 1.54) is 0 Å². The summed E-state index contributed by atoms with van der Waals surface area (Å²) in [5.74, 6) is 0.801. The van der Waals surface area contributed by atoms with Gasteiger partial charge in [0.05, 0.1) is 0 Å². The first-order valence-corrected chi connectivity index (χ1v) is 9.45. The lowest BCUT2D eigenvalue weighted by molar-refractivity contribution is 0.0527. The molecule has 26 heavy (non-hydrogen) atoms. The number of carbonyl (C=O) groups is 1. The maximum atomic E-state index is 11.6. The predicted molar refractivity (Wildman–Crippen MR) is 107 cm³/mol. The van der Waals surface area contributed by atoms with Crippen molar-refractivity contribution in [2.24, 2.45) is 4.99 Å². The van der Waals surface area contributed by atoms with Crippen LogP contribution in [-0.4, -0.2) is 82.6 Å². The lowest BCUT2D eigenvalue weighted by Gasteiger charge is -2.19. The van der Waals surface area contributed by atoms with E-state index >= 15 is 0 Å². The fourth-order valence-electron chi connectivity index (χ4n) is 2.07. The second kappa shape index (κ2) is 14.6. The zero-order valence-electron chi connectivity index (χ0n) is 17.5. The number of hydrogen-bond donors (Lipinski definition) is 3. The van der Waals surface area contributed by atoms with Gasteiger partial charge in [-0.25, -0.2) is 4.79 Å². The van der Waals surface area contributed by atoms with E-state index in [-0.39, 0.29) is 6.09 Å². The molecule has 0 unspecified atom stereocenters. The molecule has 0 aromatic rings. The molecular formula is C18H39N5O3. The molecule has 0 aromatic heterocycles. The van der Waals surface area contributed by atoms with Gasteiger partial charge in [0, 0.05) is 53.0 Å². The Morgan fingerprint density at radius 3 is 2.42 bits per heavy atom. The van der Waals surface area contributed by atoms with Crippen LogP contribution in [-0.2, 0) is 9.47 Å². The van der Waals surface area contributed by atoms with E-state index in [0.717, 1.165) is 51.6 Å². The van der Waals surface area contributed by atoms with E-state index in [4.69, 9.17) is 9.47 Å². The Labute approximate surface area is 159 Å². The standard InChI is InChI=1S/C18H39N5O3/c1-7-19-16(21-12-14-23(5)13-9-15-25-6)20-10-8-11-22-17(24)26-18(2,3)4/h7-15H2,1-6H3,(H,22,24)(H2,19,20,21). The summed E-state index contributed by atoms with van der Waals surface area (Å²) in [6.45, 7) is 13.1. The van der Waals surface area contributed by atoms with Crippen LogP contribution < -0.4 is 16.0 Å². The van der Waals surface area contributed by atoms with Crippen LogP contribution >= 0.6 is 0 Å². The maximum Gasteiger partial charge on any atom is 0.407 e. The first kappa shape index (κ1) is 24.5. The van der Waals surface area contributed by atoms with Gasteiger partial charge in [-0.3, -0.25) is 4.99 Å². The van der Waals surface area contributed by atoms with Gasteiger partial charge in [-0.1, -0.05) is 0 Å². The number of alkyl carbamates (subject to hydrolysis) is 1.